The zero-order chi connectivity index (χ0) is 18.4. The number of carbonyl (C=O) groups excluding carboxylic acids is 1. The van der Waals surface area contributed by atoms with Crippen molar-refractivity contribution in [3.05, 3.63) is 29.8 Å². The van der Waals surface area contributed by atoms with E-state index in [1.807, 2.05) is 19.0 Å². The molecule has 2 fully saturated rings. The molecule has 1 unspecified atom stereocenters. The Morgan fingerprint density at radius 2 is 1.62 bits per heavy atom. The van der Waals surface area contributed by atoms with E-state index in [9.17, 15) is 4.79 Å². The van der Waals surface area contributed by atoms with E-state index in [1.54, 1.807) is 0 Å². The molecule has 144 valence electrons. The third-order valence-electron chi connectivity index (χ3n) is 5.03. The van der Waals surface area contributed by atoms with Gasteiger partial charge in [0, 0.05) is 52.5 Å². The summed E-state index contributed by atoms with van der Waals surface area (Å²) >= 11 is 0. The van der Waals surface area contributed by atoms with Crippen LogP contribution in [0.25, 0.3) is 0 Å². The van der Waals surface area contributed by atoms with Crippen LogP contribution >= 0.6 is 0 Å². The van der Waals surface area contributed by atoms with E-state index < -0.39 is 0 Å². The number of hydrogen-bond donors (Lipinski definition) is 1. The number of anilines is 1. The van der Waals surface area contributed by atoms with Gasteiger partial charge < -0.3 is 24.6 Å². The molecule has 1 aromatic carbocycles. The van der Waals surface area contributed by atoms with Crippen LogP contribution in [0.5, 0.6) is 0 Å². The lowest BCUT2D eigenvalue weighted by molar-refractivity contribution is 0.0158. The van der Waals surface area contributed by atoms with Crippen LogP contribution < -0.4 is 10.2 Å². The monoisotopic (exact) mass is 362 g/mol. The molecule has 7 heteroatoms. The largest absolute Gasteiger partial charge is 0.379 e. The van der Waals surface area contributed by atoms with Crippen molar-refractivity contribution in [2.75, 3.05) is 78.1 Å². The average Bonchev–Trinajstić information content (AvgIpc) is 2.70. The fourth-order valence-corrected chi connectivity index (χ4v) is 3.40. The molecular weight excluding hydrogens is 332 g/mol. The van der Waals surface area contributed by atoms with Crippen molar-refractivity contribution in [2.45, 2.75) is 6.04 Å². The van der Waals surface area contributed by atoms with Gasteiger partial charge in [-0.3, -0.25) is 4.90 Å². The van der Waals surface area contributed by atoms with Crippen molar-refractivity contribution >= 4 is 11.7 Å². The minimum atomic E-state index is -0.00327. The molecular formula is C19H30N4O3. The van der Waals surface area contributed by atoms with Gasteiger partial charge in [-0.25, -0.2) is 4.79 Å². The smallest absolute Gasteiger partial charge is 0.317 e. The number of nitrogens with one attached hydrogen (secondary N) is 1. The SMILES string of the molecule is CN(C)c1ccc(C(CNC(=O)N2CCOCC2)N2CCOCC2)cc1. The van der Waals surface area contributed by atoms with Gasteiger partial charge in [-0.05, 0) is 17.7 Å². The Morgan fingerprint density at radius 1 is 1.04 bits per heavy atom. The van der Waals surface area contributed by atoms with Crippen LogP contribution in [0.15, 0.2) is 24.3 Å². The molecule has 1 atom stereocenters. The van der Waals surface area contributed by atoms with Gasteiger partial charge in [0.15, 0.2) is 0 Å². The molecule has 2 amide bonds. The van der Waals surface area contributed by atoms with Crippen molar-refractivity contribution in [1.82, 2.24) is 15.1 Å². The molecule has 2 aliphatic heterocycles. The molecule has 0 aliphatic carbocycles. The number of nitrogens with zero attached hydrogens (tertiary/aromatic N) is 3. The second-order valence-electron chi connectivity index (χ2n) is 6.94. The van der Waals surface area contributed by atoms with Crippen LogP contribution in [-0.2, 0) is 9.47 Å². The topological polar surface area (TPSA) is 57.3 Å². The number of rotatable bonds is 5. The Kier molecular flexibility index (Phi) is 6.71. The first-order valence-electron chi connectivity index (χ1n) is 9.35. The average molecular weight is 362 g/mol. The van der Waals surface area contributed by atoms with Crippen LogP contribution in [0.1, 0.15) is 11.6 Å². The molecule has 2 heterocycles. The Labute approximate surface area is 155 Å². The van der Waals surface area contributed by atoms with Gasteiger partial charge in [-0.2, -0.15) is 0 Å². The summed E-state index contributed by atoms with van der Waals surface area (Å²) in [6.07, 6.45) is 0. The van der Waals surface area contributed by atoms with Crippen LogP contribution in [0.2, 0.25) is 0 Å². The molecule has 0 radical (unpaired) electrons. The van der Waals surface area contributed by atoms with Crippen molar-refractivity contribution in [1.29, 1.82) is 0 Å². The van der Waals surface area contributed by atoms with Crippen LogP contribution in [0, 0.1) is 0 Å². The number of carbonyl (C=O) groups is 1. The standard InChI is InChI=1S/C19H30N4O3/c1-21(2)17-5-3-16(4-6-17)18(22-7-11-25-12-8-22)15-20-19(24)23-9-13-26-14-10-23/h3-6,18H,7-15H2,1-2H3,(H,20,24). The summed E-state index contributed by atoms with van der Waals surface area (Å²) in [5.41, 5.74) is 2.40. The molecule has 0 spiro atoms. The summed E-state index contributed by atoms with van der Waals surface area (Å²) in [5.74, 6) is 0. The number of urea groups is 1. The van der Waals surface area contributed by atoms with Gasteiger partial charge in [0.25, 0.3) is 0 Å². The van der Waals surface area contributed by atoms with Crippen molar-refractivity contribution < 1.29 is 14.3 Å². The molecule has 1 aromatic rings. The highest BCUT2D eigenvalue weighted by Crippen LogP contribution is 2.24. The van der Waals surface area contributed by atoms with Crippen molar-refractivity contribution in [3.63, 3.8) is 0 Å². The number of benzene rings is 1. The van der Waals surface area contributed by atoms with E-state index >= 15 is 0 Å². The minimum absolute atomic E-state index is 0.00327. The molecule has 2 saturated heterocycles. The maximum absolute atomic E-state index is 12.5. The highest BCUT2D eigenvalue weighted by Gasteiger charge is 2.24. The maximum Gasteiger partial charge on any atom is 0.317 e. The second-order valence-corrected chi connectivity index (χ2v) is 6.94. The van der Waals surface area contributed by atoms with Gasteiger partial charge in [0.1, 0.15) is 0 Å². The van der Waals surface area contributed by atoms with E-state index in [4.69, 9.17) is 9.47 Å². The second kappa shape index (κ2) is 9.21. The Balaban J connectivity index is 1.67. The highest BCUT2D eigenvalue weighted by atomic mass is 16.5. The van der Waals surface area contributed by atoms with E-state index in [0.717, 1.165) is 26.3 Å². The number of morpholine rings is 2. The summed E-state index contributed by atoms with van der Waals surface area (Å²) < 4.78 is 10.8. The van der Waals surface area contributed by atoms with Crippen molar-refractivity contribution in [2.24, 2.45) is 0 Å². The predicted molar refractivity (Wildman–Crippen MR) is 102 cm³/mol. The molecule has 0 aromatic heterocycles. The Morgan fingerprint density at radius 3 is 2.19 bits per heavy atom. The van der Waals surface area contributed by atoms with Gasteiger partial charge >= 0.3 is 6.03 Å². The maximum atomic E-state index is 12.5. The first-order valence-corrected chi connectivity index (χ1v) is 9.35. The minimum Gasteiger partial charge on any atom is -0.379 e. The Hall–Kier alpha value is -1.83. The van der Waals surface area contributed by atoms with Gasteiger partial charge in [0.05, 0.1) is 32.5 Å². The molecule has 0 bridgehead atoms. The van der Waals surface area contributed by atoms with Crippen LogP contribution in [0.3, 0.4) is 0 Å². The number of amides is 2. The molecule has 26 heavy (non-hydrogen) atoms. The van der Waals surface area contributed by atoms with Gasteiger partial charge in [0.2, 0.25) is 0 Å². The Bertz CT molecular complexity index is 567. The summed E-state index contributed by atoms with van der Waals surface area (Å²) in [6.45, 7) is 6.39. The third kappa shape index (κ3) is 4.87. The zero-order valence-electron chi connectivity index (χ0n) is 15.8. The van der Waals surface area contributed by atoms with E-state index in [1.165, 1.54) is 11.3 Å². The lowest BCUT2D eigenvalue weighted by Gasteiger charge is -2.36. The van der Waals surface area contributed by atoms with Gasteiger partial charge in [-0.15, -0.1) is 0 Å². The summed E-state index contributed by atoms with van der Waals surface area (Å²) in [4.78, 5) is 18.8. The zero-order valence-corrected chi connectivity index (χ0v) is 15.8. The third-order valence-corrected chi connectivity index (χ3v) is 5.03. The number of ether oxygens (including phenoxy) is 2. The van der Waals surface area contributed by atoms with Crippen LogP contribution in [-0.4, -0.2) is 89.1 Å². The molecule has 7 nitrogen and oxygen atoms in total. The molecule has 2 aliphatic rings. The fraction of sp³-hybridized carbons (Fsp3) is 0.632. The predicted octanol–water partition coefficient (Wildman–Crippen LogP) is 1.17. The summed E-state index contributed by atoms with van der Waals surface area (Å²) in [7, 11) is 4.08. The van der Waals surface area contributed by atoms with E-state index in [0.29, 0.717) is 32.8 Å². The van der Waals surface area contributed by atoms with E-state index in [-0.39, 0.29) is 12.1 Å². The molecule has 1 N–H and O–H groups in total. The first-order chi connectivity index (χ1) is 12.6. The lowest BCUT2D eigenvalue weighted by atomic mass is 10.0. The summed E-state index contributed by atoms with van der Waals surface area (Å²) in [5, 5.41) is 3.12. The highest BCUT2D eigenvalue weighted by molar-refractivity contribution is 5.74. The number of hydrogen-bond acceptors (Lipinski definition) is 5. The first kappa shape index (κ1) is 18.9. The normalized spacial score (nSPS) is 19.8. The molecule has 0 saturated carbocycles. The lowest BCUT2D eigenvalue weighted by Crippen LogP contribution is -2.49. The quantitative estimate of drug-likeness (QED) is 0.852. The summed E-state index contributed by atoms with van der Waals surface area (Å²) in [6, 6.07) is 8.74. The fourth-order valence-electron chi connectivity index (χ4n) is 3.40. The molecule has 3 rings (SSSR count). The van der Waals surface area contributed by atoms with Gasteiger partial charge in [-0.1, -0.05) is 12.1 Å². The van der Waals surface area contributed by atoms with Crippen molar-refractivity contribution in [3.8, 4) is 0 Å². The van der Waals surface area contributed by atoms with E-state index in [2.05, 4.69) is 39.4 Å². The van der Waals surface area contributed by atoms with Crippen LogP contribution in [0.4, 0.5) is 10.5 Å².